The maximum atomic E-state index is 12.3. The van der Waals surface area contributed by atoms with Crippen molar-refractivity contribution in [2.75, 3.05) is 6.61 Å². The maximum Gasteiger partial charge on any atom is 0.255 e. The number of para-hydroxylation sites is 1. The lowest BCUT2D eigenvalue weighted by Crippen LogP contribution is -2.57. The van der Waals surface area contributed by atoms with Gasteiger partial charge in [0.25, 0.3) is 5.56 Å². The zero-order valence-electron chi connectivity index (χ0n) is 17.4. The Kier molecular flexibility index (Phi) is 6.80. The molecule has 5 atom stereocenters. The number of pyridine rings is 1. The molecule has 0 unspecified atom stereocenters. The van der Waals surface area contributed by atoms with E-state index in [0.717, 1.165) is 27.3 Å². The third-order valence-electron chi connectivity index (χ3n) is 5.55. The smallest absolute Gasteiger partial charge is 0.255 e. The number of aryl methyl sites for hydroxylation is 1. The van der Waals surface area contributed by atoms with Gasteiger partial charge in [-0.1, -0.05) is 42.1 Å². The van der Waals surface area contributed by atoms with Crippen LogP contribution < -0.4 is 5.56 Å². The van der Waals surface area contributed by atoms with Crippen LogP contribution in [0.15, 0.2) is 76.6 Å². The quantitative estimate of drug-likeness (QED) is 0.463. The molecule has 2 heterocycles. The van der Waals surface area contributed by atoms with Crippen LogP contribution >= 0.6 is 11.8 Å². The Morgan fingerprint density at radius 2 is 1.66 bits per heavy atom. The van der Waals surface area contributed by atoms with Crippen molar-refractivity contribution in [1.82, 2.24) is 4.57 Å². The van der Waals surface area contributed by atoms with Crippen LogP contribution in [-0.4, -0.2) is 61.5 Å². The standard InChI is InChI=1S/C24H25NO6S/c1-14-11-15(16-8-10-20(27)25(12-16)17-5-3-2-4-6-17)7-9-19(14)32-24-23(30)22(29)21(28)18(13-26)31-24/h2-12,18,21-24,26,28-30H,13H2,1H3/t18-,21-,22+,23+,24-/m1/s1. The van der Waals surface area contributed by atoms with E-state index in [1.54, 1.807) is 16.8 Å². The molecule has 3 aromatic rings. The molecule has 0 spiro atoms. The molecule has 7 nitrogen and oxygen atoms in total. The number of aromatic nitrogens is 1. The van der Waals surface area contributed by atoms with Crippen LogP contribution in [0.5, 0.6) is 0 Å². The topological polar surface area (TPSA) is 112 Å². The summed E-state index contributed by atoms with van der Waals surface area (Å²) in [5, 5.41) is 39.7. The summed E-state index contributed by atoms with van der Waals surface area (Å²) >= 11 is 1.22. The third kappa shape index (κ3) is 4.52. The number of hydrogen-bond donors (Lipinski definition) is 4. The van der Waals surface area contributed by atoms with E-state index in [1.807, 2.05) is 55.5 Å². The first-order chi connectivity index (χ1) is 15.4. The van der Waals surface area contributed by atoms with Crippen LogP contribution in [0.2, 0.25) is 0 Å². The second-order valence-electron chi connectivity index (χ2n) is 7.76. The minimum atomic E-state index is -1.41. The number of aliphatic hydroxyl groups is 4. The predicted molar refractivity (Wildman–Crippen MR) is 122 cm³/mol. The molecule has 0 aliphatic carbocycles. The fourth-order valence-corrected chi connectivity index (χ4v) is 4.84. The summed E-state index contributed by atoms with van der Waals surface area (Å²) in [6.07, 6.45) is -3.22. The average molecular weight is 456 g/mol. The normalized spacial score (nSPS) is 25.6. The minimum absolute atomic E-state index is 0.119. The molecule has 8 heteroatoms. The summed E-state index contributed by atoms with van der Waals surface area (Å²) in [6, 6.07) is 18.5. The van der Waals surface area contributed by atoms with Crippen LogP contribution in [-0.2, 0) is 4.74 Å². The van der Waals surface area contributed by atoms with Gasteiger partial charge in [0.05, 0.1) is 6.61 Å². The van der Waals surface area contributed by atoms with Crippen molar-refractivity contribution in [3.05, 3.63) is 82.8 Å². The zero-order valence-corrected chi connectivity index (χ0v) is 18.2. The summed E-state index contributed by atoms with van der Waals surface area (Å²) in [7, 11) is 0. The third-order valence-corrected chi connectivity index (χ3v) is 6.88. The Morgan fingerprint density at radius 3 is 2.34 bits per heavy atom. The number of aliphatic hydroxyl groups excluding tert-OH is 4. The number of ether oxygens (including phenoxy) is 1. The van der Waals surface area contributed by atoms with Gasteiger partial charge in [0.1, 0.15) is 29.9 Å². The molecular weight excluding hydrogens is 430 g/mol. The van der Waals surface area contributed by atoms with Gasteiger partial charge >= 0.3 is 0 Å². The minimum Gasteiger partial charge on any atom is -0.394 e. The molecule has 1 fully saturated rings. The lowest BCUT2D eigenvalue weighted by atomic mass is 10.0. The van der Waals surface area contributed by atoms with Crippen molar-refractivity contribution in [3.8, 4) is 16.8 Å². The van der Waals surface area contributed by atoms with Crippen LogP contribution in [0.25, 0.3) is 16.8 Å². The van der Waals surface area contributed by atoms with Crippen molar-refractivity contribution in [2.24, 2.45) is 0 Å². The van der Waals surface area contributed by atoms with Crippen molar-refractivity contribution in [1.29, 1.82) is 0 Å². The SMILES string of the molecule is Cc1cc(-c2ccc(=O)n(-c3ccccc3)c2)ccc1S[C@H]1O[C@H](CO)[C@@H](O)[C@H](O)[C@@H]1O. The molecule has 0 radical (unpaired) electrons. The molecular formula is C24H25NO6S. The van der Waals surface area contributed by atoms with E-state index in [-0.39, 0.29) is 5.56 Å². The highest BCUT2D eigenvalue weighted by molar-refractivity contribution is 7.99. The summed E-state index contributed by atoms with van der Waals surface area (Å²) in [5.41, 5.74) is 2.54. The lowest BCUT2D eigenvalue weighted by molar-refractivity contribution is -0.205. The van der Waals surface area contributed by atoms with Gasteiger partial charge < -0.3 is 25.2 Å². The Labute approximate surface area is 189 Å². The Balaban J connectivity index is 1.59. The monoisotopic (exact) mass is 455 g/mol. The van der Waals surface area contributed by atoms with Crippen LogP contribution in [0, 0.1) is 6.92 Å². The summed E-state index contributed by atoms with van der Waals surface area (Å²) in [5.74, 6) is 0. The summed E-state index contributed by atoms with van der Waals surface area (Å²) < 4.78 is 7.20. The first-order valence-electron chi connectivity index (χ1n) is 10.3. The van der Waals surface area contributed by atoms with Gasteiger partial charge in [-0.25, -0.2) is 0 Å². The molecule has 0 amide bonds. The molecule has 1 saturated heterocycles. The number of hydrogen-bond acceptors (Lipinski definition) is 7. The molecule has 0 saturated carbocycles. The van der Waals surface area contributed by atoms with E-state index in [9.17, 15) is 25.2 Å². The van der Waals surface area contributed by atoms with E-state index in [1.165, 1.54) is 17.8 Å². The van der Waals surface area contributed by atoms with Crippen LogP contribution in [0.3, 0.4) is 0 Å². The lowest BCUT2D eigenvalue weighted by Gasteiger charge is -2.39. The van der Waals surface area contributed by atoms with Crippen LogP contribution in [0.1, 0.15) is 5.56 Å². The van der Waals surface area contributed by atoms with Crippen molar-refractivity contribution in [3.63, 3.8) is 0 Å². The first-order valence-corrected chi connectivity index (χ1v) is 11.1. The Hall–Kier alpha value is -2.46. The summed E-state index contributed by atoms with van der Waals surface area (Å²) in [4.78, 5) is 13.2. The molecule has 4 rings (SSSR count). The van der Waals surface area contributed by atoms with Crippen molar-refractivity contribution >= 4 is 11.8 Å². The van der Waals surface area contributed by atoms with Gasteiger partial charge in [-0.15, -0.1) is 0 Å². The second kappa shape index (κ2) is 9.58. The van der Waals surface area contributed by atoms with E-state index in [4.69, 9.17) is 4.74 Å². The molecule has 32 heavy (non-hydrogen) atoms. The molecule has 2 aromatic carbocycles. The number of rotatable bonds is 5. The Bertz CT molecular complexity index is 1130. The van der Waals surface area contributed by atoms with Crippen molar-refractivity contribution in [2.45, 2.75) is 41.7 Å². The predicted octanol–water partition coefficient (Wildman–Crippen LogP) is 1.70. The molecule has 1 aliphatic heterocycles. The molecule has 168 valence electrons. The van der Waals surface area contributed by atoms with E-state index >= 15 is 0 Å². The van der Waals surface area contributed by atoms with Gasteiger partial charge in [-0.3, -0.25) is 9.36 Å². The highest BCUT2D eigenvalue weighted by Gasteiger charge is 2.43. The number of nitrogens with zero attached hydrogens (tertiary/aromatic N) is 1. The van der Waals surface area contributed by atoms with Crippen LogP contribution in [0.4, 0.5) is 0 Å². The highest BCUT2D eigenvalue weighted by atomic mass is 32.2. The van der Waals surface area contributed by atoms with Gasteiger partial charge in [0, 0.05) is 22.8 Å². The van der Waals surface area contributed by atoms with E-state index in [0.29, 0.717) is 0 Å². The van der Waals surface area contributed by atoms with Gasteiger partial charge in [-0.05, 0) is 47.9 Å². The Morgan fingerprint density at radius 1 is 0.938 bits per heavy atom. The maximum absolute atomic E-state index is 12.3. The van der Waals surface area contributed by atoms with Gasteiger partial charge in [0.2, 0.25) is 0 Å². The van der Waals surface area contributed by atoms with Gasteiger partial charge in [0.15, 0.2) is 0 Å². The van der Waals surface area contributed by atoms with E-state index in [2.05, 4.69) is 0 Å². The van der Waals surface area contributed by atoms with Crippen molar-refractivity contribution < 1.29 is 25.2 Å². The largest absolute Gasteiger partial charge is 0.394 e. The van der Waals surface area contributed by atoms with Gasteiger partial charge in [-0.2, -0.15) is 0 Å². The molecule has 0 bridgehead atoms. The molecule has 1 aromatic heterocycles. The first kappa shape index (κ1) is 22.7. The number of benzene rings is 2. The second-order valence-corrected chi connectivity index (χ2v) is 8.90. The highest BCUT2D eigenvalue weighted by Crippen LogP contribution is 2.36. The molecule has 1 aliphatic rings. The fraction of sp³-hybridized carbons (Fsp3) is 0.292. The average Bonchev–Trinajstić information content (AvgIpc) is 2.81. The van der Waals surface area contributed by atoms with E-state index < -0.39 is 36.5 Å². The fourth-order valence-electron chi connectivity index (χ4n) is 3.70. The number of thioether (sulfide) groups is 1. The summed E-state index contributed by atoms with van der Waals surface area (Å²) in [6.45, 7) is 1.46. The zero-order chi connectivity index (χ0) is 22.8. The molecule has 4 N–H and O–H groups in total.